The van der Waals surface area contributed by atoms with E-state index in [9.17, 15) is 0 Å². The molecule has 1 aliphatic rings. The van der Waals surface area contributed by atoms with E-state index in [0.717, 1.165) is 12.5 Å². The lowest BCUT2D eigenvalue weighted by molar-refractivity contribution is 0.357. The predicted octanol–water partition coefficient (Wildman–Crippen LogP) is 3.73. The van der Waals surface area contributed by atoms with Gasteiger partial charge in [-0.1, -0.05) is 37.5 Å². The van der Waals surface area contributed by atoms with Crippen LogP contribution in [0, 0.1) is 12.8 Å². The number of anilines is 1. The van der Waals surface area contributed by atoms with Crippen molar-refractivity contribution >= 4 is 5.69 Å². The van der Waals surface area contributed by atoms with E-state index in [1.165, 1.54) is 43.4 Å². The van der Waals surface area contributed by atoms with Crippen molar-refractivity contribution in [2.75, 3.05) is 18.5 Å². The fraction of sp³-hybridized carbons (Fsp3) is 0.647. The molecule has 2 rings (SSSR count). The lowest BCUT2D eigenvalue weighted by Gasteiger charge is -2.42. The summed E-state index contributed by atoms with van der Waals surface area (Å²) >= 11 is 0. The first-order chi connectivity index (χ1) is 9.07. The molecule has 1 aromatic carbocycles. The van der Waals surface area contributed by atoms with Crippen LogP contribution >= 0.6 is 0 Å². The first-order valence-electron chi connectivity index (χ1n) is 7.58. The molecule has 0 amide bonds. The largest absolute Gasteiger partial charge is 0.368 e. The predicted molar refractivity (Wildman–Crippen MR) is 83.6 cm³/mol. The van der Waals surface area contributed by atoms with Crippen molar-refractivity contribution in [3.8, 4) is 0 Å². The van der Waals surface area contributed by atoms with Gasteiger partial charge in [-0.15, -0.1) is 0 Å². The van der Waals surface area contributed by atoms with Crippen LogP contribution in [0.2, 0.25) is 0 Å². The molecule has 0 aromatic heterocycles. The average Bonchev–Trinajstić information content (AvgIpc) is 2.61. The Morgan fingerprint density at radius 3 is 2.53 bits per heavy atom. The van der Waals surface area contributed by atoms with Gasteiger partial charge in [-0.05, 0) is 44.2 Å². The fourth-order valence-corrected chi connectivity index (χ4v) is 3.28. The highest BCUT2D eigenvalue weighted by molar-refractivity contribution is 5.49. The van der Waals surface area contributed by atoms with Crippen LogP contribution in [0.15, 0.2) is 24.3 Å². The molecular formula is C17H28N2. The van der Waals surface area contributed by atoms with Gasteiger partial charge >= 0.3 is 0 Å². The molecule has 2 atom stereocenters. The van der Waals surface area contributed by atoms with Gasteiger partial charge in [0.2, 0.25) is 0 Å². The lowest BCUT2D eigenvalue weighted by Crippen LogP contribution is -2.52. The maximum absolute atomic E-state index is 6.18. The van der Waals surface area contributed by atoms with Crippen LogP contribution in [0.3, 0.4) is 0 Å². The average molecular weight is 260 g/mol. The van der Waals surface area contributed by atoms with Crippen LogP contribution in [0.5, 0.6) is 0 Å². The summed E-state index contributed by atoms with van der Waals surface area (Å²) in [6.07, 6.45) is 6.39. The van der Waals surface area contributed by atoms with Gasteiger partial charge in [-0.3, -0.25) is 0 Å². The molecule has 0 radical (unpaired) electrons. The summed E-state index contributed by atoms with van der Waals surface area (Å²) in [5.41, 5.74) is 8.94. The number of benzene rings is 1. The van der Waals surface area contributed by atoms with Crippen LogP contribution in [0.25, 0.3) is 0 Å². The van der Waals surface area contributed by atoms with Crippen LogP contribution in [0.4, 0.5) is 5.69 Å². The van der Waals surface area contributed by atoms with E-state index in [4.69, 9.17) is 5.73 Å². The highest BCUT2D eigenvalue weighted by atomic mass is 15.2. The van der Waals surface area contributed by atoms with Crippen molar-refractivity contribution in [3.63, 3.8) is 0 Å². The number of hydrogen-bond acceptors (Lipinski definition) is 2. The zero-order valence-electron chi connectivity index (χ0n) is 12.7. The summed E-state index contributed by atoms with van der Waals surface area (Å²) in [5.74, 6) is 0.847. The van der Waals surface area contributed by atoms with E-state index in [0.29, 0.717) is 0 Å². The Morgan fingerprint density at radius 1 is 1.21 bits per heavy atom. The lowest BCUT2D eigenvalue weighted by atomic mass is 9.87. The molecule has 2 nitrogen and oxygen atoms in total. The Morgan fingerprint density at radius 2 is 1.89 bits per heavy atom. The molecule has 0 spiro atoms. The van der Waals surface area contributed by atoms with E-state index < -0.39 is 0 Å². The highest BCUT2D eigenvalue weighted by Gasteiger charge is 2.35. The van der Waals surface area contributed by atoms with Crippen molar-refractivity contribution in [3.05, 3.63) is 29.8 Å². The molecule has 1 fully saturated rings. The molecule has 19 heavy (non-hydrogen) atoms. The smallest absolute Gasteiger partial charge is 0.0521 e. The fourth-order valence-electron chi connectivity index (χ4n) is 3.28. The number of nitrogens with zero attached hydrogens (tertiary/aromatic N) is 1. The summed E-state index contributed by atoms with van der Waals surface area (Å²) in [6.45, 7) is 5.26. The van der Waals surface area contributed by atoms with E-state index >= 15 is 0 Å². The van der Waals surface area contributed by atoms with Crippen molar-refractivity contribution in [1.29, 1.82) is 0 Å². The third-order valence-electron chi connectivity index (χ3n) is 4.95. The Hall–Kier alpha value is -1.02. The van der Waals surface area contributed by atoms with Crippen LogP contribution in [-0.4, -0.2) is 19.1 Å². The number of rotatable bonds is 3. The molecule has 2 N–H and O–H groups in total. The summed E-state index contributed by atoms with van der Waals surface area (Å²) < 4.78 is 0. The van der Waals surface area contributed by atoms with E-state index in [1.54, 1.807) is 0 Å². The normalized spacial score (nSPS) is 27.9. The molecular weight excluding hydrogens is 232 g/mol. The summed E-state index contributed by atoms with van der Waals surface area (Å²) in [6, 6.07) is 8.83. The second-order valence-corrected chi connectivity index (χ2v) is 6.36. The minimum absolute atomic E-state index is 0.153. The standard InChI is InChI=1S/C17H28N2/c1-14-5-4-11-17(13-18,12-10-14)19(3)16-8-6-15(2)7-9-16/h6-9,14H,4-5,10-13,18H2,1-3H3. The monoisotopic (exact) mass is 260 g/mol. The third-order valence-corrected chi connectivity index (χ3v) is 4.95. The molecule has 0 saturated heterocycles. The molecule has 0 heterocycles. The third kappa shape index (κ3) is 3.11. The maximum atomic E-state index is 6.18. The first-order valence-corrected chi connectivity index (χ1v) is 7.58. The Labute approximate surface area is 118 Å². The minimum Gasteiger partial charge on any atom is -0.368 e. The van der Waals surface area contributed by atoms with Crippen molar-refractivity contribution in [2.45, 2.75) is 51.5 Å². The van der Waals surface area contributed by atoms with Gasteiger partial charge in [0, 0.05) is 19.3 Å². The minimum atomic E-state index is 0.153. The molecule has 0 bridgehead atoms. The van der Waals surface area contributed by atoms with Crippen LogP contribution in [-0.2, 0) is 0 Å². The number of nitrogens with two attached hydrogens (primary N) is 1. The molecule has 106 valence electrons. The van der Waals surface area contributed by atoms with Crippen LogP contribution in [0.1, 0.15) is 44.6 Å². The van der Waals surface area contributed by atoms with Gasteiger partial charge < -0.3 is 10.6 Å². The Kier molecular flexibility index (Phi) is 4.51. The van der Waals surface area contributed by atoms with Crippen molar-refractivity contribution in [1.82, 2.24) is 0 Å². The zero-order chi connectivity index (χ0) is 13.9. The first kappa shape index (κ1) is 14.4. The molecule has 1 aromatic rings. The van der Waals surface area contributed by atoms with Crippen molar-refractivity contribution < 1.29 is 0 Å². The topological polar surface area (TPSA) is 29.3 Å². The van der Waals surface area contributed by atoms with Gasteiger partial charge in [0.15, 0.2) is 0 Å². The molecule has 0 aliphatic heterocycles. The van der Waals surface area contributed by atoms with Gasteiger partial charge in [0.25, 0.3) is 0 Å². The van der Waals surface area contributed by atoms with Gasteiger partial charge in [-0.25, -0.2) is 0 Å². The second kappa shape index (κ2) is 5.96. The number of likely N-dealkylation sites (N-methyl/N-ethyl adjacent to an activating group) is 1. The zero-order valence-corrected chi connectivity index (χ0v) is 12.7. The van der Waals surface area contributed by atoms with Gasteiger partial charge in [0.1, 0.15) is 0 Å². The SMILES string of the molecule is Cc1ccc(N(C)C2(CN)CCCC(C)CC2)cc1. The summed E-state index contributed by atoms with van der Waals surface area (Å²) in [7, 11) is 2.22. The van der Waals surface area contributed by atoms with E-state index in [1.807, 2.05) is 0 Å². The molecule has 1 saturated carbocycles. The molecule has 2 unspecified atom stereocenters. The molecule has 1 aliphatic carbocycles. The maximum Gasteiger partial charge on any atom is 0.0521 e. The Bertz CT molecular complexity index is 398. The second-order valence-electron chi connectivity index (χ2n) is 6.36. The van der Waals surface area contributed by atoms with E-state index in [2.05, 4.69) is 50.1 Å². The number of hydrogen-bond donors (Lipinski definition) is 1. The van der Waals surface area contributed by atoms with Crippen molar-refractivity contribution in [2.24, 2.45) is 11.7 Å². The summed E-state index contributed by atoms with van der Waals surface area (Å²) in [5, 5.41) is 0. The van der Waals surface area contributed by atoms with Gasteiger partial charge in [-0.2, -0.15) is 0 Å². The van der Waals surface area contributed by atoms with E-state index in [-0.39, 0.29) is 5.54 Å². The molecule has 2 heteroatoms. The quantitative estimate of drug-likeness (QED) is 0.839. The summed E-state index contributed by atoms with van der Waals surface area (Å²) in [4.78, 5) is 2.44. The number of aryl methyl sites for hydroxylation is 1. The van der Waals surface area contributed by atoms with Crippen LogP contribution < -0.4 is 10.6 Å². The Balaban J connectivity index is 2.22. The highest BCUT2D eigenvalue weighted by Crippen LogP contribution is 2.36. The van der Waals surface area contributed by atoms with Gasteiger partial charge in [0.05, 0.1) is 5.54 Å².